The highest BCUT2D eigenvalue weighted by Gasteiger charge is 2.28. The van der Waals surface area contributed by atoms with Crippen LogP contribution in [-0.2, 0) is 13.1 Å². The van der Waals surface area contributed by atoms with Gasteiger partial charge in [0.1, 0.15) is 0 Å². The molecule has 0 bridgehead atoms. The number of halogens is 1. The Hall–Kier alpha value is -3.40. The van der Waals surface area contributed by atoms with Gasteiger partial charge in [0, 0.05) is 16.1 Å². The molecular weight excluding hydrogens is 428 g/mol. The van der Waals surface area contributed by atoms with Gasteiger partial charge in [-0.15, -0.1) is 0 Å². The van der Waals surface area contributed by atoms with Gasteiger partial charge >= 0.3 is 0 Å². The molecule has 4 rings (SSSR count). The summed E-state index contributed by atoms with van der Waals surface area (Å²) in [5, 5.41) is 17.8. The van der Waals surface area contributed by atoms with Crippen molar-refractivity contribution >= 4 is 38.9 Å². The minimum Gasteiger partial charge on any atom is -0.395 e. The average molecular weight is 443 g/mol. The van der Waals surface area contributed by atoms with Crippen LogP contribution in [0, 0.1) is 0 Å². The predicted octanol–water partition coefficient (Wildman–Crippen LogP) is -0.219. The minimum absolute atomic E-state index is 0.0988. The van der Waals surface area contributed by atoms with Crippen molar-refractivity contribution in [2.75, 3.05) is 13.2 Å². The lowest BCUT2D eigenvalue weighted by atomic mass is 9.95. The molecule has 2 aromatic heterocycles. The molecule has 9 nitrogen and oxygen atoms in total. The first-order valence-corrected chi connectivity index (χ1v) is 9.65. The summed E-state index contributed by atoms with van der Waals surface area (Å²) in [7, 11) is 0. The number of aliphatic hydroxyl groups excluding tert-OH is 2. The molecule has 0 radical (unpaired) electrons. The monoisotopic (exact) mass is 442 g/mol. The molecule has 0 aliphatic carbocycles. The van der Waals surface area contributed by atoms with E-state index in [1.54, 1.807) is 0 Å². The molecule has 158 valence electrons. The van der Waals surface area contributed by atoms with Crippen molar-refractivity contribution in [1.29, 1.82) is 0 Å². The Morgan fingerprint density at radius 2 is 1.23 bits per heavy atom. The average Bonchev–Trinajstić information content (AvgIpc) is 3.13. The zero-order valence-electron chi connectivity index (χ0n) is 15.9. The number of rotatable bonds is 6. The molecule has 2 heterocycles. The van der Waals surface area contributed by atoms with E-state index in [1.807, 2.05) is 0 Å². The molecule has 31 heavy (non-hydrogen) atoms. The molecule has 0 spiro atoms. The smallest absolute Gasteiger partial charge is 0.262 e. The van der Waals surface area contributed by atoms with E-state index < -0.39 is 41.2 Å². The van der Waals surface area contributed by atoms with Gasteiger partial charge in [0.05, 0.1) is 47.8 Å². The highest BCUT2D eigenvalue weighted by molar-refractivity contribution is 6.31. The summed E-state index contributed by atoms with van der Waals surface area (Å²) >= 11 is 5.87. The quantitative estimate of drug-likeness (QED) is 0.394. The summed E-state index contributed by atoms with van der Waals surface area (Å²) in [6, 6.07) is 6.83. The number of aliphatic hydroxyl groups is 2. The second-order valence-corrected chi connectivity index (χ2v) is 7.34. The van der Waals surface area contributed by atoms with Gasteiger partial charge in [-0.3, -0.25) is 33.1 Å². The first-order valence-electron chi connectivity index (χ1n) is 9.27. The highest BCUT2D eigenvalue weighted by Crippen LogP contribution is 2.25. The van der Waals surface area contributed by atoms with E-state index in [2.05, 4.69) is 0 Å². The van der Waals surface area contributed by atoms with Crippen LogP contribution in [0.1, 0.15) is 15.9 Å². The number of ketones is 1. The van der Waals surface area contributed by atoms with Crippen LogP contribution < -0.4 is 22.2 Å². The van der Waals surface area contributed by atoms with Crippen LogP contribution in [0.15, 0.2) is 49.5 Å². The summed E-state index contributed by atoms with van der Waals surface area (Å²) in [5.41, 5.74) is -3.48. The van der Waals surface area contributed by atoms with Crippen LogP contribution in [-0.4, -0.2) is 38.3 Å². The molecule has 2 N–H and O–H groups in total. The predicted molar refractivity (Wildman–Crippen MR) is 114 cm³/mol. The molecule has 0 aliphatic rings. The van der Waals surface area contributed by atoms with Crippen molar-refractivity contribution in [3.63, 3.8) is 0 Å². The molecule has 2 aromatic carbocycles. The molecule has 10 heteroatoms. The zero-order valence-corrected chi connectivity index (χ0v) is 16.7. The third-order valence-electron chi connectivity index (χ3n) is 5.18. The molecule has 4 aromatic rings. The van der Waals surface area contributed by atoms with E-state index in [4.69, 9.17) is 11.6 Å². The van der Waals surface area contributed by atoms with Crippen molar-refractivity contribution in [3.8, 4) is 0 Å². The van der Waals surface area contributed by atoms with Gasteiger partial charge in [0.2, 0.25) is 0 Å². The Morgan fingerprint density at radius 3 is 1.65 bits per heavy atom. The van der Waals surface area contributed by atoms with E-state index in [1.165, 1.54) is 24.3 Å². The summed E-state index contributed by atoms with van der Waals surface area (Å²) < 4.78 is 1.53. The summed E-state index contributed by atoms with van der Waals surface area (Å²) in [6.45, 7) is -1.59. The number of benzene rings is 2. The topological polar surface area (TPSA) is 136 Å². The van der Waals surface area contributed by atoms with Crippen LogP contribution in [0.3, 0.4) is 0 Å². The maximum absolute atomic E-state index is 13.4. The highest BCUT2D eigenvalue weighted by atomic mass is 35.5. The van der Waals surface area contributed by atoms with E-state index >= 15 is 0 Å². The Morgan fingerprint density at radius 1 is 0.774 bits per heavy atom. The Balaban J connectivity index is 2.23. The van der Waals surface area contributed by atoms with Crippen LogP contribution in [0.25, 0.3) is 21.5 Å². The lowest BCUT2D eigenvalue weighted by Crippen LogP contribution is -2.28. The third kappa shape index (κ3) is 3.05. The first kappa shape index (κ1) is 20.9. The molecule has 0 unspecified atom stereocenters. The first-order chi connectivity index (χ1) is 14.8. The van der Waals surface area contributed by atoms with Crippen molar-refractivity contribution in [2.24, 2.45) is 0 Å². The van der Waals surface area contributed by atoms with Gasteiger partial charge in [0.25, 0.3) is 22.2 Å². The fraction of sp³-hybridized carbons (Fsp3) is 0.190. The van der Waals surface area contributed by atoms with Gasteiger partial charge < -0.3 is 10.2 Å². The van der Waals surface area contributed by atoms with Gasteiger partial charge in [-0.05, 0) is 30.3 Å². The summed E-state index contributed by atoms with van der Waals surface area (Å²) in [6.07, 6.45) is 0. The minimum atomic E-state index is -0.838. The molecule has 0 saturated carbocycles. The Bertz CT molecular complexity index is 1470. The fourth-order valence-electron chi connectivity index (χ4n) is 3.79. The maximum atomic E-state index is 13.4. The molecule has 0 saturated heterocycles. The SMILES string of the molecule is O=C(c1ccc(Cl)cc1)c1c2c(=O)n(CCO)c(=O)c2cc2c(=O)n(CCO)c(=O)c12. The van der Waals surface area contributed by atoms with E-state index in [0.717, 1.165) is 15.2 Å². The molecule has 0 fully saturated rings. The van der Waals surface area contributed by atoms with E-state index in [0.29, 0.717) is 5.02 Å². The fourth-order valence-corrected chi connectivity index (χ4v) is 3.91. The third-order valence-corrected chi connectivity index (χ3v) is 5.43. The van der Waals surface area contributed by atoms with Gasteiger partial charge in [-0.1, -0.05) is 11.6 Å². The standard InChI is InChI=1S/C21H15ClN2O7/c22-11-3-1-10(2-4-11)17(27)16-14-12(18(28)23(5-7-25)20(14)30)9-13-15(16)21(31)24(6-8-26)19(13)29/h1-4,9,25-26H,5-8H2. The summed E-state index contributed by atoms with van der Waals surface area (Å²) in [5.74, 6) is -0.733. The Labute approximate surface area is 177 Å². The van der Waals surface area contributed by atoms with Crippen molar-refractivity contribution < 1.29 is 15.0 Å². The van der Waals surface area contributed by atoms with E-state index in [9.17, 15) is 34.2 Å². The van der Waals surface area contributed by atoms with Crippen molar-refractivity contribution in [2.45, 2.75) is 13.1 Å². The molecule has 0 aliphatic heterocycles. The molecule has 0 atom stereocenters. The number of aromatic nitrogens is 2. The lowest BCUT2D eigenvalue weighted by molar-refractivity contribution is 0.104. The number of hydrogen-bond donors (Lipinski definition) is 2. The number of hydrogen-bond acceptors (Lipinski definition) is 7. The largest absolute Gasteiger partial charge is 0.395 e. The number of carbonyl (C=O) groups is 1. The van der Waals surface area contributed by atoms with Crippen molar-refractivity contribution in [3.05, 3.63) is 87.9 Å². The van der Waals surface area contributed by atoms with Gasteiger partial charge in [-0.2, -0.15) is 0 Å². The second-order valence-electron chi connectivity index (χ2n) is 6.90. The lowest BCUT2D eigenvalue weighted by Gasteiger charge is -2.04. The van der Waals surface area contributed by atoms with Crippen molar-refractivity contribution in [1.82, 2.24) is 9.13 Å². The summed E-state index contributed by atoms with van der Waals surface area (Å²) in [4.78, 5) is 64.9. The number of carbonyl (C=O) groups excluding carboxylic acids is 1. The van der Waals surface area contributed by atoms with Crippen LogP contribution in [0.2, 0.25) is 5.02 Å². The number of nitrogens with zero attached hydrogens (tertiary/aromatic N) is 2. The zero-order chi connectivity index (χ0) is 22.4. The second kappa shape index (κ2) is 7.69. The van der Waals surface area contributed by atoms with Crippen LogP contribution in [0.4, 0.5) is 0 Å². The molecule has 0 amide bonds. The normalized spacial score (nSPS) is 11.6. The van der Waals surface area contributed by atoms with Gasteiger partial charge in [0.15, 0.2) is 5.78 Å². The van der Waals surface area contributed by atoms with Crippen LogP contribution >= 0.6 is 11.6 Å². The van der Waals surface area contributed by atoms with Gasteiger partial charge in [-0.25, -0.2) is 0 Å². The number of fused-ring (bicyclic) bond motifs is 2. The maximum Gasteiger partial charge on any atom is 0.262 e. The van der Waals surface area contributed by atoms with Crippen LogP contribution in [0.5, 0.6) is 0 Å². The van der Waals surface area contributed by atoms with E-state index in [-0.39, 0.29) is 45.8 Å². The Kier molecular flexibility index (Phi) is 5.18. The molecular formula is C21H15ClN2O7.